The normalized spacial score (nSPS) is 34.6. The van der Waals surface area contributed by atoms with E-state index in [1.54, 1.807) is 0 Å². The number of rotatable bonds is 0. The Morgan fingerprint density at radius 2 is 2.38 bits per heavy atom. The molecular weight excluding hydrogens is 182 g/mol. The van der Waals surface area contributed by atoms with Gasteiger partial charge in [-0.3, -0.25) is 4.98 Å². The highest BCUT2D eigenvalue weighted by molar-refractivity contribution is 7.99. The lowest BCUT2D eigenvalue weighted by atomic mass is 9.90. The molecule has 4 heteroatoms. The zero-order chi connectivity index (χ0) is 9.05. The fourth-order valence-electron chi connectivity index (χ4n) is 1.73. The van der Waals surface area contributed by atoms with Crippen molar-refractivity contribution < 1.29 is 0 Å². The van der Waals surface area contributed by atoms with Crippen LogP contribution in [0.5, 0.6) is 0 Å². The SMILES string of the molecule is CC1=N[S+]2[N-]C1(C)c1cnccc12. The van der Waals surface area contributed by atoms with Crippen molar-refractivity contribution >= 4 is 17.0 Å². The molecule has 0 N–H and O–H groups in total. The van der Waals surface area contributed by atoms with Crippen LogP contribution in [0.2, 0.25) is 0 Å². The number of pyridine rings is 1. The molecule has 1 aromatic heterocycles. The number of hydrogen-bond acceptors (Lipinski definition) is 2. The van der Waals surface area contributed by atoms with E-state index in [0.717, 1.165) is 5.71 Å². The maximum absolute atomic E-state index is 4.66. The summed E-state index contributed by atoms with van der Waals surface area (Å²) in [6.45, 7) is 4.17. The molecule has 13 heavy (non-hydrogen) atoms. The van der Waals surface area contributed by atoms with Crippen LogP contribution in [0.3, 0.4) is 0 Å². The summed E-state index contributed by atoms with van der Waals surface area (Å²) in [5, 5.41) is 0. The van der Waals surface area contributed by atoms with Crippen LogP contribution in [-0.2, 0) is 16.8 Å². The molecule has 3 heterocycles. The van der Waals surface area contributed by atoms with Crippen LogP contribution < -0.4 is 0 Å². The van der Waals surface area contributed by atoms with Crippen LogP contribution in [0.1, 0.15) is 19.4 Å². The molecule has 0 saturated heterocycles. The monoisotopic (exact) mass is 191 g/mol. The summed E-state index contributed by atoms with van der Waals surface area (Å²) in [4.78, 5) is 5.40. The summed E-state index contributed by atoms with van der Waals surface area (Å²) >= 11 is -0.232. The molecule has 0 aromatic carbocycles. The van der Waals surface area contributed by atoms with Crippen molar-refractivity contribution in [2.75, 3.05) is 0 Å². The minimum atomic E-state index is -0.232. The Bertz CT molecular complexity index is 415. The molecule has 2 aliphatic heterocycles. The van der Waals surface area contributed by atoms with Crippen molar-refractivity contribution in [3.05, 3.63) is 28.7 Å². The Balaban J connectivity index is 2.30. The molecule has 2 bridgehead atoms. The van der Waals surface area contributed by atoms with E-state index in [2.05, 4.69) is 21.0 Å². The minimum absolute atomic E-state index is 0.174. The molecule has 0 saturated carbocycles. The first kappa shape index (κ1) is 7.53. The van der Waals surface area contributed by atoms with Crippen molar-refractivity contribution in [1.82, 2.24) is 4.98 Å². The fourth-order valence-corrected chi connectivity index (χ4v) is 3.61. The Kier molecular flexibility index (Phi) is 1.24. The van der Waals surface area contributed by atoms with Gasteiger partial charge >= 0.3 is 0 Å². The van der Waals surface area contributed by atoms with Crippen molar-refractivity contribution in [2.45, 2.75) is 24.3 Å². The van der Waals surface area contributed by atoms with Gasteiger partial charge in [-0.25, -0.2) is 0 Å². The lowest BCUT2D eigenvalue weighted by Crippen LogP contribution is -2.24. The van der Waals surface area contributed by atoms with Crippen LogP contribution in [0, 0.1) is 0 Å². The molecule has 0 fully saturated rings. The number of fused-ring (bicyclic) bond motifs is 5. The van der Waals surface area contributed by atoms with E-state index < -0.39 is 0 Å². The second-order valence-corrected chi connectivity index (χ2v) is 4.81. The topological polar surface area (TPSA) is 39.4 Å². The molecule has 0 spiro atoms. The first-order valence-corrected chi connectivity index (χ1v) is 5.33. The quantitative estimate of drug-likeness (QED) is 0.578. The molecule has 1 aromatic rings. The first-order valence-electron chi connectivity index (χ1n) is 4.19. The number of aromatic nitrogens is 1. The van der Waals surface area contributed by atoms with Gasteiger partial charge in [0.25, 0.3) is 0 Å². The van der Waals surface area contributed by atoms with Gasteiger partial charge in [0.05, 0.1) is 17.0 Å². The average Bonchev–Trinajstić information content (AvgIpc) is 2.57. The lowest BCUT2D eigenvalue weighted by Gasteiger charge is -2.25. The van der Waals surface area contributed by atoms with Crippen LogP contribution >= 0.6 is 0 Å². The summed E-state index contributed by atoms with van der Waals surface area (Å²) in [5.41, 5.74) is 2.19. The van der Waals surface area contributed by atoms with Gasteiger partial charge in [0.15, 0.2) is 4.90 Å². The van der Waals surface area contributed by atoms with E-state index in [9.17, 15) is 0 Å². The highest BCUT2D eigenvalue weighted by atomic mass is 32.2. The Hall–Kier alpha value is -0.870. The number of hydrogen-bond donors (Lipinski definition) is 0. The third-order valence-corrected chi connectivity index (χ3v) is 4.43. The standard InChI is InChI=1S/C9H9N3S/c1-6-9(2)7-5-10-4-3-8(7)13(11-6)12-9/h3-5H,1-2H3. The molecular formula is C9H9N3S. The van der Waals surface area contributed by atoms with Gasteiger partial charge in [0.1, 0.15) is 0 Å². The van der Waals surface area contributed by atoms with Gasteiger partial charge < -0.3 is 4.72 Å². The van der Waals surface area contributed by atoms with Gasteiger partial charge in [-0.1, -0.05) is 11.3 Å². The maximum Gasteiger partial charge on any atom is 0.176 e. The van der Waals surface area contributed by atoms with E-state index in [0.29, 0.717) is 0 Å². The molecule has 3 rings (SSSR count). The second-order valence-electron chi connectivity index (χ2n) is 3.48. The van der Waals surface area contributed by atoms with Gasteiger partial charge in [-0.15, -0.1) is 0 Å². The van der Waals surface area contributed by atoms with Crippen molar-refractivity contribution in [3.63, 3.8) is 0 Å². The largest absolute Gasteiger partial charge is 0.381 e. The van der Waals surface area contributed by atoms with Crippen LogP contribution in [0.25, 0.3) is 4.72 Å². The van der Waals surface area contributed by atoms with Crippen molar-refractivity contribution in [3.8, 4) is 0 Å². The summed E-state index contributed by atoms with van der Waals surface area (Å²) in [6.07, 6.45) is 3.74. The van der Waals surface area contributed by atoms with Crippen LogP contribution in [0.15, 0.2) is 27.8 Å². The summed E-state index contributed by atoms with van der Waals surface area (Å²) in [6, 6.07) is 2.03. The molecule has 0 aliphatic carbocycles. The van der Waals surface area contributed by atoms with Gasteiger partial charge in [0.2, 0.25) is 0 Å². The Morgan fingerprint density at radius 3 is 3.23 bits per heavy atom. The van der Waals surface area contributed by atoms with Gasteiger partial charge in [-0.2, -0.15) is 0 Å². The van der Waals surface area contributed by atoms with E-state index in [4.69, 9.17) is 0 Å². The van der Waals surface area contributed by atoms with E-state index >= 15 is 0 Å². The molecule has 0 radical (unpaired) electrons. The smallest absolute Gasteiger partial charge is 0.176 e. The third kappa shape index (κ3) is 0.752. The highest BCUT2D eigenvalue weighted by Crippen LogP contribution is 2.52. The molecule has 2 atom stereocenters. The molecule has 2 aliphatic rings. The van der Waals surface area contributed by atoms with Crippen molar-refractivity contribution in [1.29, 1.82) is 0 Å². The van der Waals surface area contributed by atoms with E-state index in [-0.39, 0.29) is 16.8 Å². The third-order valence-electron chi connectivity index (χ3n) is 2.70. The van der Waals surface area contributed by atoms with Crippen LogP contribution in [-0.4, -0.2) is 10.7 Å². The average molecular weight is 191 g/mol. The number of nitrogens with zero attached hydrogens (tertiary/aromatic N) is 3. The van der Waals surface area contributed by atoms with E-state index in [1.165, 1.54) is 10.5 Å². The second kappa shape index (κ2) is 2.13. The molecule has 2 unspecified atom stereocenters. The summed E-state index contributed by atoms with van der Waals surface area (Å²) in [7, 11) is 0. The maximum atomic E-state index is 4.66. The predicted molar refractivity (Wildman–Crippen MR) is 53.7 cm³/mol. The lowest BCUT2D eigenvalue weighted by molar-refractivity contribution is 0.788. The molecule has 66 valence electrons. The summed E-state index contributed by atoms with van der Waals surface area (Å²) in [5.74, 6) is 0. The minimum Gasteiger partial charge on any atom is -0.381 e. The van der Waals surface area contributed by atoms with Crippen molar-refractivity contribution in [2.24, 2.45) is 4.40 Å². The van der Waals surface area contributed by atoms with E-state index in [1.807, 2.05) is 25.4 Å². The summed E-state index contributed by atoms with van der Waals surface area (Å²) < 4.78 is 9.18. The first-order chi connectivity index (χ1) is 6.22. The zero-order valence-electron chi connectivity index (χ0n) is 7.48. The molecule has 0 amide bonds. The van der Waals surface area contributed by atoms with Crippen LogP contribution in [0.4, 0.5) is 0 Å². The Labute approximate surface area is 79.9 Å². The molecule has 3 nitrogen and oxygen atoms in total. The fraction of sp³-hybridized carbons (Fsp3) is 0.333. The Morgan fingerprint density at radius 1 is 1.54 bits per heavy atom. The van der Waals surface area contributed by atoms with Gasteiger partial charge in [0, 0.05) is 24.0 Å². The van der Waals surface area contributed by atoms with Gasteiger partial charge in [-0.05, 0) is 12.5 Å². The zero-order valence-corrected chi connectivity index (χ0v) is 8.30. The highest BCUT2D eigenvalue weighted by Gasteiger charge is 2.46. The predicted octanol–water partition coefficient (Wildman–Crippen LogP) is 1.97.